The van der Waals surface area contributed by atoms with E-state index in [9.17, 15) is 0 Å². The number of rotatable bonds is 2. The van der Waals surface area contributed by atoms with Gasteiger partial charge in [0.05, 0.1) is 19.8 Å². The van der Waals surface area contributed by atoms with Crippen LogP contribution in [0, 0.1) is 11.8 Å². The summed E-state index contributed by atoms with van der Waals surface area (Å²) in [5.41, 5.74) is 2.54. The first kappa shape index (κ1) is 13.1. The standard InChI is InChI=1S/C17H14N2O2/c1-20-14-5-6-16(21-2)13(11-14)4-3-12-7-9-18-17-15(12)8-10-19-17/h5-11H,1-2H3,(H,18,19). The topological polar surface area (TPSA) is 47.1 Å². The summed E-state index contributed by atoms with van der Waals surface area (Å²) in [5, 5.41) is 1.01. The third-order valence-corrected chi connectivity index (χ3v) is 3.20. The molecule has 1 aromatic carbocycles. The van der Waals surface area contributed by atoms with E-state index < -0.39 is 0 Å². The van der Waals surface area contributed by atoms with Crippen molar-refractivity contribution in [2.24, 2.45) is 0 Å². The van der Waals surface area contributed by atoms with Gasteiger partial charge in [-0.3, -0.25) is 0 Å². The minimum atomic E-state index is 0.725. The van der Waals surface area contributed by atoms with E-state index in [1.165, 1.54) is 0 Å². The number of benzene rings is 1. The summed E-state index contributed by atoms with van der Waals surface area (Å²) in [6, 6.07) is 9.43. The number of nitrogens with zero attached hydrogens (tertiary/aromatic N) is 1. The number of methoxy groups -OCH3 is 2. The molecule has 0 radical (unpaired) electrons. The Hall–Kier alpha value is -2.93. The normalized spacial score (nSPS) is 10.0. The van der Waals surface area contributed by atoms with Crippen LogP contribution in [0.15, 0.2) is 42.7 Å². The van der Waals surface area contributed by atoms with Gasteiger partial charge in [-0.05, 0) is 30.3 Å². The lowest BCUT2D eigenvalue weighted by atomic mass is 10.1. The van der Waals surface area contributed by atoms with E-state index in [0.717, 1.165) is 33.7 Å². The van der Waals surface area contributed by atoms with Crippen LogP contribution in [0.1, 0.15) is 11.1 Å². The molecule has 0 atom stereocenters. The smallest absolute Gasteiger partial charge is 0.138 e. The first-order valence-corrected chi connectivity index (χ1v) is 6.48. The van der Waals surface area contributed by atoms with Gasteiger partial charge in [0, 0.05) is 23.3 Å². The van der Waals surface area contributed by atoms with Crippen LogP contribution >= 0.6 is 0 Å². The molecule has 0 saturated carbocycles. The second-order valence-corrected chi connectivity index (χ2v) is 4.41. The maximum absolute atomic E-state index is 5.33. The quantitative estimate of drug-likeness (QED) is 0.733. The van der Waals surface area contributed by atoms with Gasteiger partial charge in [-0.25, -0.2) is 4.98 Å². The van der Waals surface area contributed by atoms with Gasteiger partial charge in [0.1, 0.15) is 17.1 Å². The van der Waals surface area contributed by atoms with Crippen LogP contribution in [0.2, 0.25) is 0 Å². The first-order chi connectivity index (χ1) is 10.3. The van der Waals surface area contributed by atoms with Crippen molar-refractivity contribution in [3.8, 4) is 23.3 Å². The molecular weight excluding hydrogens is 264 g/mol. The zero-order chi connectivity index (χ0) is 14.7. The first-order valence-electron chi connectivity index (χ1n) is 6.48. The van der Waals surface area contributed by atoms with Crippen molar-refractivity contribution in [2.75, 3.05) is 14.2 Å². The van der Waals surface area contributed by atoms with E-state index in [0.29, 0.717) is 0 Å². The number of nitrogens with one attached hydrogen (secondary N) is 1. The van der Waals surface area contributed by atoms with Crippen molar-refractivity contribution in [2.45, 2.75) is 0 Å². The third kappa shape index (κ3) is 2.54. The van der Waals surface area contributed by atoms with Gasteiger partial charge in [-0.15, -0.1) is 0 Å². The van der Waals surface area contributed by atoms with Crippen molar-refractivity contribution >= 4 is 11.0 Å². The van der Waals surface area contributed by atoms with Crippen LogP contribution in [0.5, 0.6) is 11.5 Å². The molecule has 3 aromatic rings. The summed E-state index contributed by atoms with van der Waals surface area (Å²) in [4.78, 5) is 7.33. The van der Waals surface area contributed by atoms with Crippen molar-refractivity contribution in [3.05, 3.63) is 53.9 Å². The van der Waals surface area contributed by atoms with Gasteiger partial charge >= 0.3 is 0 Å². The second-order valence-electron chi connectivity index (χ2n) is 4.41. The van der Waals surface area contributed by atoms with E-state index in [1.54, 1.807) is 20.4 Å². The van der Waals surface area contributed by atoms with E-state index >= 15 is 0 Å². The van der Waals surface area contributed by atoms with Crippen molar-refractivity contribution in [1.82, 2.24) is 9.97 Å². The van der Waals surface area contributed by atoms with Crippen LogP contribution in [0.4, 0.5) is 0 Å². The zero-order valence-electron chi connectivity index (χ0n) is 11.8. The molecule has 0 amide bonds. The minimum Gasteiger partial charge on any atom is -0.497 e. The van der Waals surface area contributed by atoms with Crippen LogP contribution in [-0.4, -0.2) is 24.2 Å². The van der Waals surface area contributed by atoms with Gasteiger partial charge in [-0.1, -0.05) is 11.8 Å². The number of hydrogen-bond donors (Lipinski definition) is 1. The van der Waals surface area contributed by atoms with Crippen LogP contribution in [0.3, 0.4) is 0 Å². The molecule has 0 saturated heterocycles. The lowest BCUT2D eigenvalue weighted by molar-refractivity contribution is 0.402. The van der Waals surface area contributed by atoms with Gasteiger partial charge in [0.2, 0.25) is 0 Å². The highest BCUT2D eigenvalue weighted by atomic mass is 16.5. The Bertz CT molecular complexity index is 841. The van der Waals surface area contributed by atoms with Gasteiger partial charge in [0.25, 0.3) is 0 Å². The molecule has 2 heterocycles. The van der Waals surface area contributed by atoms with E-state index in [-0.39, 0.29) is 0 Å². The number of hydrogen-bond acceptors (Lipinski definition) is 3. The number of fused-ring (bicyclic) bond motifs is 1. The Morgan fingerprint density at radius 3 is 2.67 bits per heavy atom. The molecule has 0 fully saturated rings. The van der Waals surface area contributed by atoms with E-state index in [1.807, 2.05) is 36.5 Å². The number of ether oxygens (including phenoxy) is 2. The number of aromatic amines is 1. The van der Waals surface area contributed by atoms with Gasteiger partial charge < -0.3 is 14.5 Å². The van der Waals surface area contributed by atoms with Crippen LogP contribution in [-0.2, 0) is 0 Å². The molecule has 21 heavy (non-hydrogen) atoms. The number of pyridine rings is 1. The van der Waals surface area contributed by atoms with Gasteiger partial charge in [0.15, 0.2) is 0 Å². The number of aromatic nitrogens is 2. The Balaban J connectivity index is 2.06. The lowest BCUT2D eigenvalue weighted by Gasteiger charge is -2.05. The predicted octanol–water partition coefficient (Wildman–Crippen LogP) is 2.98. The van der Waals surface area contributed by atoms with Crippen molar-refractivity contribution in [3.63, 3.8) is 0 Å². The summed E-state index contributed by atoms with van der Waals surface area (Å²) >= 11 is 0. The van der Waals surface area contributed by atoms with Crippen molar-refractivity contribution in [1.29, 1.82) is 0 Å². The maximum Gasteiger partial charge on any atom is 0.138 e. The average Bonchev–Trinajstić information content (AvgIpc) is 3.01. The Labute approximate surface area is 122 Å². The molecule has 0 aliphatic carbocycles. The lowest BCUT2D eigenvalue weighted by Crippen LogP contribution is -1.90. The zero-order valence-corrected chi connectivity index (χ0v) is 11.8. The van der Waals surface area contributed by atoms with Crippen molar-refractivity contribution < 1.29 is 9.47 Å². The molecular formula is C17H14N2O2. The summed E-state index contributed by atoms with van der Waals surface area (Å²) < 4.78 is 10.6. The Morgan fingerprint density at radius 2 is 1.86 bits per heavy atom. The molecule has 0 aliphatic heterocycles. The van der Waals surface area contributed by atoms with E-state index in [4.69, 9.17) is 9.47 Å². The predicted molar refractivity (Wildman–Crippen MR) is 81.6 cm³/mol. The Kier molecular flexibility index (Phi) is 3.48. The maximum atomic E-state index is 5.33. The fourth-order valence-corrected chi connectivity index (χ4v) is 2.12. The molecule has 0 aliphatic rings. The molecule has 104 valence electrons. The molecule has 0 bridgehead atoms. The highest BCUT2D eigenvalue weighted by Gasteiger charge is 2.03. The van der Waals surface area contributed by atoms with Crippen LogP contribution < -0.4 is 9.47 Å². The summed E-state index contributed by atoms with van der Waals surface area (Å²) in [6.07, 6.45) is 3.60. The average molecular weight is 278 g/mol. The monoisotopic (exact) mass is 278 g/mol. The SMILES string of the molecule is COc1ccc(OC)c(C#Cc2ccnc3[nH]ccc23)c1. The van der Waals surface area contributed by atoms with E-state index in [2.05, 4.69) is 21.8 Å². The fourth-order valence-electron chi connectivity index (χ4n) is 2.12. The molecule has 1 N–H and O–H groups in total. The fraction of sp³-hybridized carbons (Fsp3) is 0.118. The Morgan fingerprint density at radius 1 is 1.00 bits per heavy atom. The second kappa shape index (κ2) is 5.59. The highest BCUT2D eigenvalue weighted by Crippen LogP contribution is 2.23. The summed E-state index contributed by atoms with van der Waals surface area (Å²) in [6.45, 7) is 0. The molecule has 4 nitrogen and oxygen atoms in total. The third-order valence-electron chi connectivity index (χ3n) is 3.20. The highest BCUT2D eigenvalue weighted by molar-refractivity contribution is 5.82. The van der Waals surface area contributed by atoms with Gasteiger partial charge in [-0.2, -0.15) is 0 Å². The molecule has 0 spiro atoms. The minimum absolute atomic E-state index is 0.725. The molecule has 2 aromatic heterocycles. The van der Waals surface area contributed by atoms with Crippen LogP contribution in [0.25, 0.3) is 11.0 Å². The summed E-state index contributed by atoms with van der Waals surface area (Å²) in [5.74, 6) is 7.79. The largest absolute Gasteiger partial charge is 0.497 e. The molecule has 4 heteroatoms. The molecule has 3 rings (SSSR count). The number of H-pyrrole nitrogens is 1. The molecule has 0 unspecified atom stereocenters. The summed E-state index contributed by atoms with van der Waals surface area (Å²) in [7, 11) is 3.26.